The van der Waals surface area contributed by atoms with Crippen LogP contribution >= 0.6 is 12.2 Å². The van der Waals surface area contributed by atoms with Crippen LogP contribution in [0.3, 0.4) is 0 Å². The molecule has 0 heterocycles. The lowest BCUT2D eigenvalue weighted by Crippen LogP contribution is -2.24. The topological polar surface area (TPSA) is 64.3 Å². The van der Waals surface area contributed by atoms with Gasteiger partial charge in [-0.2, -0.15) is 0 Å². The van der Waals surface area contributed by atoms with Gasteiger partial charge in [0.2, 0.25) is 5.91 Å². The molecule has 0 aromatic heterocycles. The Bertz CT molecular complexity index is 355. The van der Waals surface area contributed by atoms with Gasteiger partial charge in [0.1, 0.15) is 18.0 Å². The number of amides is 1. The quantitative estimate of drug-likeness (QED) is 0.451. The van der Waals surface area contributed by atoms with Crippen LogP contribution in [0.25, 0.3) is 0 Å². The van der Waals surface area contributed by atoms with Gasteiger partial charge < -0.3 is 9.92 Å². The van der Waals surface area contributed by atoms with Crippen LogP contribution in [0, 0.1) is 13.8 Å². The molecule has 0 unspecified atom stereocenters. The first kappa shape index (κ1) is 11.9. The van der Waals surface area contributed by atoms with E-state index in [2.05, 4.69) is 4.72 Å². The molecule has 0 saturated heterocycles. The van der Waals surface area contributed by atoms with Gasteiger partial charge in [-0.15, -0.1) is 0 Å². The molecule has 1 rings (SSSR count). The van der Waals surface area contributed by atoms with E-state index >= 15 is 0 Å². The summed E-state index contributed by atoms with van der Waals surface area (Å²) in [5, 5.41) is 0. The molecule has 15 heavy (non-hydrogen) atoms. The van der Waals surface area contributed by atoms with Crippen LogP contribution in [0.5, 0.6) is 5.75 Å². The molecule has 1 aromatic rings. The third-order valence-electron chi connectivity index (χ3n) is 1.92. The Kier molecular flexibility index (Phi) is 4.45. The van der Waals surface area contributed by atoms with E-state index in [1.54, 1.807) is 0 Å². The molecule has 0 bridgehead atoms. The van der Waals surface area contributed by atoms with Crippen LogP contribution in [0.2, 0.25) is 0 Å². The number of primary amides is 1. The Morgan fingerprint density at radius 3 is 2.80 bits per heavy atom. The highest BCUT2D eigenvalue weighted by atomic mass is 32.2. The predicted octanol–water partition coefficient (Wildman–Crippen LogP) is 1.32. The maximum Gasteiger partial charge on any atom is 0.232 e. The summed E-state index contributed by atoms with van der Waals surface area (Å²) >= 11 is 0.998. The summed E-state index contributed by atoms with van der Waals surface area (Å²) in [5.41, 5.74) is 7.33. The van der Waals surface area contributed by atoms with Crippen molar-refractivity contribution >= 4 is 18.1 Å². The van der Waals surface area contributed by atoms with Crippen LogP contribution < -0.4 is 14.6 Å². The van der Waals surface area contributed by atoms with Gasteiger partial charge >= 0.3 is 0 Å². The second-order valence-electron chi connectivity index (χ2n) is 3.20. The summed E-state index contributed by atoms with van der Waals surface area (Å²) in [5.74, 6) is 0.339. The summed E-state index contributed by atoms with van der Waals surface area (Å²) in [6.07, 6.45) is 0. The highest BCUT2D eigenvalue weighted by molar-refractivity contribution is 7.93. The largest absolute Gasteiger partial charge is 0.410 e. The van der Waals surface area contributed by atoms with Gasteiger partial charge in [-0.3, -0.25) is 4.79 Å². The van der Waals surface area contributed by atoms with E-state index in [1.807, 2.05) is 32.0 Å². The first-order valence-electron chi connectivity index (χ1n) is 4.51. The van der Waals surface area contributed by atoms with Gasteiger partial charge in [0, 0.05) is 0 Å². The minimum absolute atomic E-state index is 0.0928. The maximum atomic E-state index is 10.4. The summed E-state index contributed by atoms with van der Waals surface area (Å²) in [7, 11) is 0. The summed E-state index contributed by atoms with van der Waals surface area (Å²) in [4.78, 5) is 10.4. The van der Waals surface area contributed by atoms with Crippen LogP contribution in [-0.4, -0.2) is 12.5 Å². The molecule has 0 aliphatic heterocycles. The fourth-order valence-corrected chi connectivity index (χ4v) is 1.40. The van der Waals surface area contributed by atoms with Gasteiger partial charge in [-0.1, -0.05) is 6.07 Å². The molecule has 4 nitrogen and oxygen atoms in total. The minimum Gasteiger partial charge on any atom is -0.410 e. The summed E-state index contributed by atoms with van der Waals surface area (Å²) in [6.45, 7) is 4.15. The highest BCUT2D eigenvalue weighted by Gasteiger charge is 1.98. The van der Waals surface area contributed by atoms with Crippen LogP contribution in [-0.2, 0) is 4.79 Å². The van der Waals surface area contributed by atoms with Crippen molar-refractivity contribution in [2.45, 2.75) is 13.8 Å². The van der Waals surface area contributed by atoms with Gasteiger partial charge in [-0.25, -0.2) is 4.72 Å². The zero-order valence-corrected chi connectivity index (χ0v) is 9.56. The molecule has 82 valence electrons. The molecule has 3 N–H and O–H groups in total. The Morgan fingerprint density at radius 1 is 1.47 bits per heavy atom. The van der Waals surface area contributed by atoms with Crippen molar-refractivity contribution in [3.63, 3.8) is 0 Å². The smallest absolute Gasteiger partial charge is 0.232 e. The minimum atomic E-state index is -0.411. The molecule has 0 spiro atoms. The van der Waals surface area contributed by atoms with Crippen molar-refractivity contribution in [1.29, 1.82) is 0 Å². The average molecular weight is 226 g/mol. The number of carbonyl (C=O) groups excluding carboxylic acids is 1. The van der Waals surface area contributed by atoms with E-state index in [1.165, 1.54) is 11.1 Å². The summed E-state index contributed by atoms with van der Waals surface area (Å²) < 4.78 is 7.98. The predicted molar refractivity (Wildman–Crippen MR) is 61.3 cm³/mol. The third-order valence-corrected chi connectivity index (χ3v) is 2.46. The number of nitrogens with one attached hydrogen (secondary N) is 1. The fraction of sp³-hybridized carbons (Fsp3) is 0.300. The summed E-state index contributed by atoms with van der Waals surface area (Å²) in [6, 6.07) is 5.80. The number of hydrogen-bond donors (Lipinski definition) is 2. The zero-order valence-electron chi connectivity index (χ0n) is 8.74. The van der Waals surface area contributed by atoms with E-state index in [9.17, 15) is 4.79 Å². The monoisotopic (exact) mass is 226 g/mol. The van der Waals surface area contributed by atoms with Crippen molar-refractivity contribution < 1.29 is 8.98 Å². The Labute approximate surface area is 93.5 Å². The van der Waals surface area contributed by atoms with Crippen molar-refractivity contribution in [3.05, 3.63) is 29.3 Å². The van der Waals surface area contributed by atoms with E-state index in [-0.39, 0.29) is 6.54 Å². The van der Waals surface area contributed by atoms with Gasteiger partial charge in [0.05, 0.1) is 6.54 Å². The standard InChI is InChI=1S/C10H14N2O2S/c1-7-3-4-9(5-8(7)2)14-15-12-6-10(11)13/h3-5,12H,6H2,1-2H3,(H2,11,13). The molecular weight excluding hydrogens is 212 g/mol. The number of aryl methyl sites for hydroxylation is 2. The molecular formula is C10H14N2O2S. The number of nitrogens with two attached hydrogens (primary N) is 1. The number of benzene rings is 1. The van der Waals surface area contributed by atoms with Crippen LogP contribution in [0.1, 0.15) is 11.1 Å². The zero-order chi connectivity index (χ0) is 11.3. The van der Waals surface area contributed by atoms with Crippen LogP contribution in [0.15, 0.2) is 18.2 Å². The second-order valence-corrected chi connectivity index (χ2v) is 3.82. The molecule has 0 atom stereocenters. The number of carbonyl (C=O) groups is 1. The molecule has 0 fully saturated rings. The Morgan fingerprint density at radius 2 is 2.20 bits per heavy atom. The average Bonchev–Trinajstić information content (AvgIpc) is 2.18. The third kappa shape index (κ3) is 4.22. The fourth-order valence-electron chi connectivity index (χ4n) is 0.944. The first-order chi connectivity index (χ1) is 7.09. The van der Waals surface area contributed by atoms with Gasteiger partial charge in [-0.05, 0) is 37.1 Å². The number of hydrogen-bond acceptors (Lipinski definition) is 4. The Balaban J connectivity index is 2.38. The number of rotatable bonds is 5. The van der Waals surface area contributed by atoms with E-state index in [0.29, 0.717) is 0 Å². The van der Waals surface area contributed by atoms with Crippen molar-refractivity contribution in [2.75, 3.05) is 6.54 Å². The van der Waals surface area contributed by atoms with Gasteiger partial charge in [0.25, 0.3) is 0 Å². The lowest BCUT2D eigenvalue weighted by atomic mass is 10.1. The van der Waals surface area contributed by atoms with Crippen molar-refractivity contribution in [3.8, 4) is 5.75 Å². The lowest BCUT2D eigenvalue weighted by molar-refractivity contribution is -0.116. The highest BCUT2D eigenvalue weighted by Crippen LogP contribution is 2.18. The molecule has 5 heteroatoms. The van der Waals surface area contributed by atoms with E-state index in [0.717, 1.165) is 18.0 Å². The van der Waals surface area contributed by atoms with Crippen molar-refractivity contribution in [1.82, 2.24) is 4.72 Å². The van der Waals surface area contributed by atoms with Gasteiger partial charge in [0.15, 0.2) is 0 Å². The second kappa shape index (κ2) is 5.63. The van der Waals surface area contributed by atoms with Crippen LogP contribution in [0.4, 0.5) is 0 Å². The van der Waals surface area contributed by atoms with Crippen molar-refractivity contribution in [2.24, 2.45) is 5.73 Å². The van der Waals surface area contributed by atoms with E-state index in [4.69, 9.17) is 9.92 Å². The lowest BCUT2D eigenvalue weighted by Gasteiger charge is -2.06. The Hall–Kier alpha value is -1.20. The molecule has 1 aromatic carbocycles. The molecule has 1 amide bonds. The SMILES string of the molecule is Cc1ccc(OSNCC(N)=O)cc1C. The molecule has 0 aliphatic rings. The normalized spacial score (nSPS) is 10.0. The maximum absolute atomic E-state index is 10.4. The molecule has 0 saturated carbocycles. The molecule has 0 radical (unpaired) electrons. The molecule has 0 aliphatic carbocycles. The first-order valence-corrected chi connectivity index (χ1v) is 5.25. The van der Waals surface area contributed by atoms with E-state index < -0.39 is 5.91 Å².